The van der Waals surface area contributed by atoms with Crippen molar-refractivity contribution in [3.8, 4) is 0 Å². The maximum absolute atomic E-state index is 9.36. The Hall–Kier alpha value is -0.900. The van der Waals surface area contributed by atoms with Crippen molar-refractivity contribution in [3.63, 3.8) is 0 Å². The number of hydrogen-bond donors (Lipinski definition) is 3. The zero-order valence-corrected chi connectivity index (χ0v) is 10.8. The molecule has 18 heavy (non-hydrogen) atoms. The van der Waals surface area contributed by atoms with Crippen LogP contribution in [0, 0.1) is 5.92 Å². The molecule has 0 aromatic heterocycles. The molecule has 100 valence electrons. The van der Waals surface area contributed by atoms with Gasteiger partial charge in [0, 0.05) is 19.2 Å². The molecule has 0 radical (unpaired) electrons. The third-order valence-corrected chi connectivity index (χ3v) is 3.92. The average Bonchev–Trinajstić information content (AvgIpc) is 2.46. The van der Waals surface area contributed by atoms with Crippen LogP contribution >= 0.6 is 0 Å². The minimum absolute atomic E-state index is 0.100. The van der Waals surface area contributed by atoms with Gasteiger partial charge in [-0.2, -0.15) is 0 Å². The van der Waals surface area contributed by atoms with Crippen molar-refractivity contribution >= 4 is 0 Å². The van der Waals surface area contributed by atoms with Gasteiger partial charge in [-0.05, 0) is 29.9 Å². The van der Waals surface area contributed by atoms with Crippen LogP contribution in [0.25, 0.3) is 0 Å². The number of hydrogen-bond acceptors (Lipinski definition) is 3. The van der Waals surface area contributed by atoms with E-state index in [2.05, 4.69) is 17.4 Å². The van der Waals surface area contributed by atoms with Crippen LogP contribution in [0.4, 0.5) is 0 Å². The van der Waals surface area contributed by atoms with Crippen LogP contribution in [0.15, 0.2) is 24.3 Å². The SMILES string of the molecule is OCc1ccc(CNC2CCCCC2CO)cc1. The van der Waals surface area contributed by atoms with Crippen LogP contribution in [-0.2, 0) is 13.2 Å². The Morgan fingerprint density at radius 3 is 2.33 bits per heavy atom. The van der Waals surface area contributed by atoms with Crippen LogP contribution in [0.5, 0.6) is 0 Å². The minimum atomic E-state index is 0.100. The summed E-state index contributed by atoms with van der Waals surface area (Å²) >= 11 is 0. The normalized spacial score (nSPS) is 24.1. The van der Waals surface area contributed by atoms with Crippen LogP contribution in [-0.4, -0.2) is 22.9 Å². The summed E-state index contributed by atoms with van der Waals surface area (Å²) in [6, 6.07) is 8.47. The van der Waals surface area contributed by atoms with Crippen molar-refractivity contribution in [3.05, 3.63) is 35.4 Å². The summed E-state index contributed by atoms with van der Waals surface area (Å²) in [6.07, 6.45) is 4.81. The lowest BCUT2D eigenvalue weighted by molar-refractivity contribution is 0.152. The van der Waals surface area contributed by atoms with Gasteiger partial charge >= 0.3 is 0 Å². The van der Waals surface area contributed by atoms with E-state index in [1.54, 1.807) is 0 Å². The first-order valence-corrected chi connectivity index (χ1v) is 6.86. The van der Waals surface area contributed by atoms with Crippen molar-refractivity contribution in [2.24, 2.45) is 5.92 Å². The summed E-state index contributed by atoms with van der Waals surface area (Å²) in [5.74, 6) is 0.412. The fourth-order valence-electron chi connectivity index (χ4n) is 2.71. The molecular weight excluding hydrogens is 226 g/mol. The van der Waals surface area contributed by atoms with Crippen LogP contribution < -0.4 is 5.32 Å². The summed E-state index contributed by atoms with van der Waals surface area (Å²) in [4.78, 5) is 0. The Morgan fingerprint density at radius 1 is 1.00 bits per heavy atom. The molecule has 2 rings (SSSR count). The van der Waals surface area contributed by atoms with Gasteiger partial charge in [-0.3, -0.25) is 0 Å². The molecule has 0 saturated heterocycles. The van der Waals surface area contributed by atoms with Gasteiger partial charge in [0.05, 0.1) is 6.61 Å². The smallest absolute Gasteiger partial charge is 0.0681 e. The molecule has 3 heteroatoms. The zero-order chi connectivity index (χ0) is 12.8. The third kappa shape index (κ3) is 3.55. The minimum Gasteiger partial charge on any atom is -0.396 e. The number of benzene rings is 1. The molecule has 1 aliphatic rings. The quantitative estimate of drug-likeness (QED) is 0.746. The van der Waals surface area contributed by atoms with E-state index in [1.807, 2.05) is 12.1 Å². The van der Waals surface area contributed by atoms with Gasteiger partial charge in [0.15, 0.2) is 0 Å². The van der Waals surface area contributed by atoms with E-state index in [1.165, 1.54) is 24.8 Å². The second-order valence-corrected chi connectivity index (χ2v) is 5.19. The summed E-state index contributed by atoms with van der Waals surface area (Å²) in [6.45, 7) is 1.23. The molecule has 0 amide bonds. The van der Waals surface area contributed by atoms with E-state index >= 15 is 0 Å². The molecule has 1 saturated carbocycles. The molecule has 1 aliphatic carbocycles. The first kappa shape index (κ1) is 13.5. The van der Waals surface area contributed by atoms with Gasteiger partial charge < -0.3 is 15.5 Å². The molecular formula is C15H23NO2. The largest absolute Gasteiger partial charge is 0.396 e. The predicted molar refractivity (Wildman–Crippen MR) is 72.0 cm³/mol. The molecule has 0 spiro atoms. The summed E-state index contributed by atoms with van der Waals surface area (Å²) in [5, 5.41) is 21.9. The molecule has 2 unspecified atom stereocenters. The lowest BCUT2D eigenvalue weighted by atomic mass is 9.85. The van der Waals surface area contributed by atoms with Gasteiger partial charge in [0.1, 0.15) is 0 Å². The van der Waals surface area contributed by atoms with Gasteiger partial charge in [-0.1, -0.05) is 37.1 Å². The van der Waals surface area contributed by atoms with Crippen molar-refractivity contribution in [1.29, 1.82) is 0 Å². The molecule has 0 bridgehead atoms. The van der Waals surface area contributed by atoms with Crippen LogP contribution in [0.2, 0.25) is 0 Å². The fourth-order valence-corrected chi connectivity index (χ4v) is 2.71. The maximum atomic E-state index is 9.36. The van der Waals surface area contributed by atoms with E-state index in [0.29, 0.717) is 18.6 Å². The van der Waals surface area contributed by atoms with Gasteiger partial charge in [-0.25, -0.2) is 0 Å². The Balaban J connectivity index is 1.85. The zero-order valence-electron chi connectivity index (χ0n) is 10.8. The van der Waals surface area contributed by atoms with Gasteiger partial charge in [-0.15, -0.1) is 0 Å². The van der Waals surface area contributed by atoms with E-state index in [9.17, 15) is 5.11 Å². The molecule has 1 aromatic carbocycles. The number of rotatable bonds is 5. The van der Waals surface area contributed by atoms with Crippen LogP contribution in [0.3, 0.4) is 0 Å². The molecule has 0 heterocycles. The van der Waals surface area contributed by atoms with Crippen molar-refractivity contribution < 1.29 is 10.2 Å². The summed E-state index contributed by atoms with van der Waals surface area (Å²) in [5.41, 5.74) is 2.18. The number of aliphatic hydroxyl groups excluding tert-OH is 2. The second kappa shape index (κ2) is 6.88. The topological polar surface area (TPSA) is 52.5 Å². The predicted octanol–water partition coefficient (Wildman–Crippen LogP) is 1.82. The molecule has 1 aromatic rings. The number of aliphatic hydroxyl groups is 2. The Morgan fingerprint density at radius 2 is 1.67 bits per heavy atom. The first-order chi connectivity index (χ1) is 8.83. The van der Waals surface area contributed by atoms with Crippen molar-refractivity contribution in [2.75, 3.05) is 6.61 Å². The highest BCUT2D eigenvalue weighted by Crippen LogP contribution is 2.24. The Labute approximate surface area is 109 Å². The highest BCUT2D eigenvalue weighted by molar-refractivity contribution is 5.21. The molecule has 1 fully saturated rings. The van der Waals surface area contributed by atoms with E-state index in [0.717, 1.165) is 18.5 Å². The van der Waals surface area contributed by atoms with E-state index in [-0.39, 0.29) is 6.61 Å². The number of nitrogens with one attached hydrogen (secondary N) is 1. The van der Waals surface area contributed by atoms with Gasteiger partial charge in [0.25, 0.3) is 0 Å². The Bertz CT molecular complexity index is 350. The molecule has 3 nitrogen and oxygen atoms in total. The molecule has 0 aliphatic heterocycles. The van der Waals surface area contributed by atoms with E-state index in [4.69, 9.17) is 5.11 Å². The molecule has 3 N–H and O–H groups in total. The molecule has 2 atom stereocenters. The van der Waals surface area contributed by atoms with Crippen LogP contribution in [0.1, 0.15) is 36.8 Å². The van der Waals surface area contributed by atoms with Crippen molar-refractivity contribution in [1.82, 2.24) is 5.32 Å². The van der Waals surface area contributed by atoms with Gasteiger partial charge in [0.2, 0.25) is 0 Å². The second-order valence-electron chi connectivity index (χ2n) is 5.19. The van der Waals surface area contributed by atoms with E-state index < -0.39 is 0 Å². The maximum Gasteiger partial charge on any atom is 0.0681 e. The highest BCUT2D eigenvalue weighted by Gasteiger charge is 2.23. The monoisotopic (exact) mass is 249 g/mol. The Kier molecular flexibility index (Phi) is 5.17. The standard InChI is InChI=1S/C15H23NO2/c17-10-13-7-5-12(6-8-13)9-16-15-4-2-1-3-14(15)11-18/h5-8,14-18H,1-4,9-11H2. The summed E-state index contributed by atoms with van der Waals surface area (Å²) < 4.78 is 0. The lowest BCUT2D eigenvalue weighted by Gasteiger charge is -2.31. The fraction of sp³-hybridized carbons (Fsp3) is 0.600. The highest BCUT2D eigenvalue weighted by atomic mass is 16.3. The summed E-state index contributed by atoms with van der Waals surface area (Å²) in [7, 11) is 0. The third-order valence-electron chi connectivity index (χ3n) is 3.92. The lowest BCUT2D eigenvalue weighted by Crippen LogP contribution is -2.39. The first-order valence-electron chi connectivity index (χ1n) is 6.86. The average molecular weight is 249 g/mol. The van der Waals surface area contributed by atoms with Crippen molar-refractivity contribution in [2.45, 2.75) is 44.9 Å².